The predicted molar refractivity (Wildman–Crippen MR) is 88.4 cm³/mol. The SMILES string of the molecule is COC(=O)[C@H]1Cc2ccccc2CN1C(=O)c1ccc2c(c1)OCO2. The quantitative estimate of drug-likeness (QED) is 0.785. The molecule has 0 saturated carbocycles. The summed E-state index contributed by atoms with van der Waals surface area (Å²) < 4.78 is 15.5. The van der Waals surface area contributed by atoms with E-state index in [1.807, 2.05) is 24.3 Å². The molecule has 0 unspecified atom stereocenters. The molecule has 0 N–H and O–H groups in total. The summed E-state index contributed by atoms with van der Waals surface area (Å²) in [5, 5.41) is 0. The number of ether oxygens (including phenoxy) is 3. The molecule has 0 saturated heterocycles. The summed E-state index contributed by atoms with van der Waals surface area (Å²) in [6, 6.07) is 12.2. The summed E-state index contributed by atoms with van der Waals surface area (Å²) in [5.41, 5.74) is 2.56. The molecule has 128 valence electrons. The lowest BCUT2D eigenvalue weighted by molar-refractivity contribution is -0.146. The molecule has 1 amide bonds. The second-order valence-electron chi connectivity index (χ2n) is 6.01. The topological polar surface area (TPSA) is 65.1 Å². The molecule has 0 aliphatic carbocycles. The standard InChI is InChI=1S/C19H17NO5/c1-23-19(22)15-8-12-4-2-3-5-14(12)10-20(15)18(21)13-6-7-16-17(9-13)25-11-24-16/h2-7,9,15H,8,10-11H2,1H3/t15-/m1/s1. The Morgan fingerprint density at radius 1 is 1.08 bits per heavy atom. The first-order valence-corrected chi connectivity index (χ1v) is 8.02. The molecule has 0 fully saturated rings. The summed E-state index contributed by atoms with van der Waals surface area (Å²) in [6.07, 6.45) is 0.444. The molecule has 0 bridgehead atoms. The highest BCUT2D eigenvalue weighted by Gasteiger charge is 2.36. The van der Waals surface area contributed by atoms with Gasteiger partial charge in [0.1, 0.15) is 6.04 Å². The Kier molecular flexibility index (Phi) is 3.80. The van der Waals surface area contributed by atoms with Crippen LogP contribution in [0.2, 0.25) is 0 Å². The fraction of sp³-hybridized carbons (Fsp3) is 0.263. The van der Waals surface area contributed by atoms with Crippen molar-refractivity contribution in [1.29, 1.82) is 0 Å². The number of nitrogens with zero attached hydrogens (tertiary/aromatic N) is 1. The highest BCUT2D eigenvalue weighted by molar-refractivity contribution is 5.97. The zero-order valence-corrected chi connectivity index (χ0v) is 13.7. The number of carbonyl (C=O) groups is 2. The molecule has 2 aromatic rings. The van der Waals surface area contributed by atoms with Crippen molar-refractivity contribution in [2.24, 2.45) is 0 Å². The molecule has 2 aliphatic rings. The van der Waals surface area contributed by atoms with Gasteiger partial charge in [-0.3, -0.25) is 4.79 Å². The van der Waals surface area contributed by atoms with E-state index in [9.17, 15) is 9.59 Å². The molecule has 4 rings (SSSR count). The van der Waals surface area contributed by atoms with E-state index in [2.05, 4.69) is 0 Å². The van der Waals surface area contributed by atoms with E-state index < -0.39 is 12.0 Å². The number of amides is 1. The highest BCUT2D eigenvalue weighted by Crippen LogP contribution is 2.34. The van der Waals surface area contributed by atoms with Gasteiger partial charge in [0.2, 0.25) is 6.79 Å². The van der Waals surface area contributed by atoms with E-state index in [0.717, 1.165) is 11.1 Å². The smallest absolute Gasteiger partial charge is 0.328 e. The van der Waals surface area contributed by atoms with Crippen LogP contribution >= 0.6 is 0 Å². The second kappa shape index (κ2) is 6.12. The third-order valence-electron chi connectivity index (χ3n) is 4.60. The summed E-state index contributed by atoms with van der Waals surface area (Å²) in [4.78, 5) is 26.9. The Balaban J connectivity index is 1.68. The Hall–Kier alpha value is -3.02. The fourth-order valence-corrected chi connectivity index (χ4v) is 3.28. The molecule has 0 spiro atoms. The average molecular weight is 339 g/mol. The van der Waals surface area contributed by atoms with E-state index in [0.29, 0.717) is 30.0 Å². The van der Waals surface area contributed by atoms with Crippen molar-refractivity contribution in [3.05, 3.63) is 59.2 Å². The van der Waals surface area contributed by atoms with Gasteiger partial charge in [-0.15, -0.1) is 0 Å². The number of fused-ring (bicyclic) bond motifs is 2. The number of rotatable bonds is 2. The third kappa shape index (κ3) is 2.69. The normalized spacial score (nSPS) is 17.8. The van der Waals surface area contributed by atoms with Crippen LogP contribution in [0.4, 0.5) is 0 Å². The van der Waals surface area contributed by atoms with E-state index in [4.69, 9.17) is 14.2 Å². The lowest BCUT2D eigenvalue weighted by Gasteiger charge is -2.35. The van der Waals surface area contributed by atoms with Crippen LogP contribution in [-0.2, 0) is 22.5 Å². The molecule has 6 heteroatoms. The number of hydrogen-bond acceptors (Lipinski definition) is 5. The van der Waals surface area contributed by atoms with Gasteiger partial charge < -0.3 is 19.1 Å². The number of carbonyl (C=O) groups excluding carboxylic acids is 2. The third-order valence-corrected chi connectivity index (χ3v) is 4.60. The van der Waals surface area contributed by atoms with Gasteiger partial charge in [0.25, 0.3) is 5.91 Å². The van der Waals surface area contributed by atoms with Crippen LogP contribution in [0.3, 0.4) is 0 Å². The number of esters is 1. The lowest BCUT2D eigenvalue weighted by Crippen LogP contribution is -2.49. The first-order chi connectivity index (χ1) is 12.2. The van der Waals surface area contributed by atoms with Gasteiger partial charge in [0.05, 0.1) is 7.11 Å². The van der Waals surface area contributed by atoms with E-state index in [-0.39, 0.29) is 12.7 Å². The van der Waals surface area contributed by atoms with Crippen LogP contribution in [0.15, 0.2) is 42.5 Å². The Morgan fingerprint density at radius 3 is 2.64 bits per heavy atom. The lowest BCUT2D eigenvalue weighted by atomic mass is 9.93. The molecule has 2 heterocycles. The predicted octanol–water partition coefficient (Wildman–Crippen LogP) is 2.16. The molecule has 2 aromatic carbocycles. The van der Waals surface area contributed by atoms with E-state index in [1.165, 1.54) is 7.11 Å². The van der Waals surface area contributed by atoms with E-state index >= 15 is 0 Å². The van der Waals surface area contributed by atoms with Gasteiger partial charge in [-0.05, 0) is 29.3 Å². The van der Waals surface area contributed by atoms with Gasteiger partial charge in [0, 0.05) is 18.5 Å². The summed E-state index contributed by atoms with van der Waals surface area (Å²) in [6.45, 7) is 0.512. The molecule has 0 radical (unpaired) electrons. The first kappa shape index (κ1) is 15.5. The highest BCUT2D eigenvalue weighted by atomic mass is 16.7. The molecule has 2 aliphatic heterocycles. The molecular formula is C19H17NO5. The number of methoxy groups -OCH3 is 1. The van der Waals surface area contributed by atoms with Crippen LogP contribution in [-0.4, -0.2) is 36.7 Å². The molecule has 1 atom stereocenters. The molecular weight excluding hydrogens is 322 g/mol. The largest absolute Gasteiger partial charge is 0.467 e. The van der Waals surface area contributed by atoms with Crippen molar-refractivity contribution in [2.45, 2.75) is 19.0 Å². The Labute approximate surface area is 144 Å². The number of benzene rings is 2. The maximum Gasteiger partial charge on any atom is 0.328 e. The second-order valence-corrected chi connectivity index (χ2v) is 6.01. The Morgan fingerprint density at radius 2 is 1.84 bits per heavy atom. The van der Waals surface area contributed by atoms with Crippen LogP contribution in [0, 0.1) is 0 Å². The Bertz CT molecular complexity index is 847. The summed E-state index contributed by atoms with van der Waals surface area (Å²) in [7, 11) is 1.34. The van der Waals surface area contributed by atoms with Crippen LogP contribution in [0.5, 0.6) is 11.5 Å². The van der Waals surface area contributed by atoms with Crippen molar-refractivity contribution < 1.29 is 23.8 Å². The minimum Gasteiger partial charge on any atom is -0.467 e. The number of hydrogen-bond donors (Lipinski definition) is 0. The van der Waals surface area contributed by atoms with E-state index in [1.54, 1.807) is 23.1 Å². The average Bonchev–Trinajstić information content (AvgIpc) is 3.13. The van der Waals surface area contributed by atoms with Gasteiger partial charge in [0.15, 0.2) is 11.5 Å². The zero-order chi connectivity index (χ0) is 17.4. The summed E-state index contributed by atoms with van der Waals surface area (Å²) in [5.74, 6) is 0.509. The monoisotopic (exact) mass is 339 g/mol. The van der Waals surface area contributed by atoms with Crippen LogP contribution < -0.4 is 9.47 Å². The van der Waals surface area contributed by atoms with Crippen molar-refractivity contribution >= 4 is 11.9 Å². The van der Waals surface area contributed by atoms with Gasteiger partial charge in [-0.2, -0.15) is 0 Å². The minimum absolute atomic E-state index is 0.148. The maximum absolute atomic E-state index is 13.1. The van der Waals surface area contributed by atoms with Crippen LogP contribution in [0.1, 0.15) is 21.5 Å². The maximum atomic E-state index is 13.1. The summed E-state index contributed by atoms with van der Waals surface area (Å²) >= 11 is 0. The van der Waals surface area contributed by atoms with Crippen molar-refractivity contribution in [3.63, 3.8) is 0 Å². The van der Waals surface area contributed by atoms with Gasteiger partial charge >= 0.3 is 5.97 Å². The first-order valence-electron chi connectivity index (χ1n) is 8.02. The minimum atomic E-state index is -0.641. The van der Waals surface area contributed by atoms with Crippen molar-refractivity contribution in [1.82, 2.24) is 4.90 Å². The van der Waals surface area contributed by atoms with Gasteiger partial charge in [-0.1, -0.05) is 24.3 Å². The molecule has 0 aromatic heterocycles. The molecule has 25 heavy (non-hydrogen) atoms. The molecule has 6 nitrogen and oxygen atoms in total. The fourth-order valence-electron chi connectivity index (χ4n) is 3.28. The van der Waals surface area contributed by atoms with Gasteiger partial charge in [-0.25, -0.2) is 4.79 Å². The van der Waals surface area contributed by atoms with Crippen LogP contribution in [0.25, 0.3) is 0 Å². The van der Waals surface area contributed by atoms with Crippen molar-refractivity contribution in [2.75, 3.05) is 13.9 Å². The zero-order valence-electron chi connectivity index (χ0n) is 13.7. The van der Waals surface area contributed by atoms with Crippen molar-refractivity contribution in [3.8, 4) is 11.5 Å².